The van der Waals surface area contributed by atoms with Crippen molar-refractivity contribution >= 4 is 39.9 Å². The van der Waals surface area contributed by atoms with Gasteiger partial charge in [-0.3, -0.25) is 4.79 Å². The van der Waals surface area contributed by atoms with Gasteiger partial charge in [0.15, 0.2) is 4.34 Å². The molecule has 1 aromatic carbocycles. The predicted molar refractivity (Wildman–Crippen MR) is 121 cm³/mol. The van der Waals surface area contributed by atoms with Gasteiger partial charge in [-0.15, -0.1) is 10.2 Å². The Balaban J connectivity index is 1.51. The van der Waals surface area contributed by atoms with Gasteiger partial charge >= 0.3 is 5.97 Å². The Hall–Kier alpha value is -1.60. The van der Waals surface area contributed by atoms with Crippen molar-refractivity contribution in [3.8, 4) is 0 Å². The van der Waals surface area contributed by atoms with Gasteiger partial charge in [0, 0.05) is 5.69 Å². The molecule has 0 amide bonds. The van der Waals surface area contributed by atoms with Gasteiger partial charge in [0.2, 0.25) is 5.13 Å². The minimum atomic E-state index is -0.154. The first-order chi connectivity index (χ1) is 13.8. The molecule has 7 heteroatoms. The maximum atomic E-state index is 12.4. The fraction of sp³-hybridized carbons (Fsp3) is 0.591. The number of anilines is 2. The maximum absolute atomic E-state index is 12.4. The molecule has 3 atom stereocenters. The van der Waals surface area contributed by atoms with Crippen LogP contribution >= 0.6 is 23.1 Å². The van der Waals surface area contributed by atoms with Crippen LogP contribution in [0.1, 0.15) is 51.2 Å². The lowest BCUT2D eigenvalue weighted by molar-refractivity contribution is -0.152. The highest BCUT2D eigenvalue weighted by Gasteiger charge is 2.33. The molecule has 1 N–H and O–H groups in total. The van der Waals surface area contributed by atoms with E-state index in [1.165, 1.54) is 40.6 Å². The number of ether oxygens (including phenoxy) is 1. The Bertz CT molecular complexity index is 837. The first-order valence-electron chi connectivity index (χ1n) is 10.3. The van der Waals surface area contributed by atoms with Crippen LogP contribution < -0.4 is 5.32 Å². The van der Waals surface area contributed by atoms with E-state index < -0.39 is 0 Å². The monoisotopic (exact) mass is 433 g/mol. The van der Waals surface area contributed by atoms with Gasteiger partial charge in [0.1, 0.15) is 6.10 Å². The minimum Gasteiger partial charge on any atom is -0.461 e. The molecule has 3 rings (SSSR count). The number of esters is 1. The Morgan fingerprint density at radius 3 is 2.79 bits per heavy atom. The highest BCUT2D eigenvalue weighted by Crippen LogP contribution is 2.36. The van der Waals surface area contributed by atoms with E-state index in [0.717, 1.165) is 28.0 Å². The number of hydrogen-bond acceptors (Lipinski definition) is 7. The third-order valence-corrected chi connectivity index (χ3v) is 7.67. The lowest BCUT2D eigenvalue weighted by Crippen LogP contribution is -2.36. The van der Waals surface area contributed by atoms with E-state index in [0.29, 0.717) is 17.8 Å². The highest BCUT2D eigenvalue weighted by atomic mass is 32.2. The number of thioether (sulfide) groups is 1. The Morgan fingerprint density at radius 1 is 1.28 bits per heavy atom. The summed E-state index contributed by atoms with van der Waals surface area (Å²) in [6, 6.07) is 6.21. The molecule has 0 spiro atoms. The molecule has 1 heterocycles. The molecule has 1 aromatic heterocycles. The largest absolute Gasteiger partial charge is 0.461 e. The molecular formula is C22H31N3O2S2. The zero-order valence-electron chi connectivity index (χ0n) is 17.9. The summed E-state index contributed by atoms with van der Waals surface area (Å²) >= 11 is 2.85. The van der Waals surface area contributed by atoms with Crippen molar-refractivity contribution < 1.29 is 9.53 Å². The summed E-state index contributed by atoms with van der Waals surface area (Å²) in [7, 11) is 0. The number of nitrogens with zero attached hydrogens (tertiary/aromatic N) is 2. The average molecular weight is 434 g/mol. The molecule has 0 radical (unpaired) electrons. The molecule has 29 heavy (non-hydrogen) atoms. The highest BCUT2D eigenvalue weighted by molar-refractivity contribution is 8.01. The lowest BCUT2D eigenvalue weighted by atomic mass is 9.75. The summed E-state index contributed by atoms with van der Waals surface area (Å²) in [5.74, 6) is 1.75. The molecule has 0 aliphatic heterocycles. The number of nitrogens with one attached hydrogen (secondary N) is 1. The number of carbonyl (C=O) groups excluding carboxylic acids is 1. The first-order valence-corrected chi connectivity index (χ1v) is 12.1. The van der Waals surface area contributed by atoms with Gasteiger partial charge in [0.25, 0.3) is 0 Å². The van der Waals surface area contributed by atoms with Crippen LogP contribution in [0.4, 0.5) is 10.8 Å². The summed E-state index contributed by atoms with van der Waals surface area (Å²) in [4.78, 5) is 12.4. The van der Waals surface area contributed by atoms with Gasteiger partial charge < -0.3 is 10.1 Å². The normalized spacial score (nSPS) is 21.9. The molecule has 5 nitrogen and oxygen atoms in total. The lowest BCUT2D eigenvalue weighted by Gasteiger charge is -2.36. The van der Waals surface area contributed by atoms with Crippen molar-refractivity contribution in [2.24, 2.45) is 17.8 Å². The number of aromatic nitrogens is 2. The fourth-order valence-corrected chi connectivity index (χ4v) is 5.39. The van der Waals surface area contributed by atoms with Crippen LogP contribution in [0.25, 0.3) is 0 Å². The zero-order chi connectivity index (χ0) is 21.0. The SMILES string of the molecule is Cc1ccc(Nc2nnc(SCC(=O)OC3CC(C)CCC3C(C)C)s2)cc1C. The summed E-state index contributed by atoms with van der Waals surface area (Å²) in [5, 5.41) is 12.4. The topological polar surface area (TPSA) is 64.1 Å². The second-order valence-electron chi connectivity index (χ2n) is 8.44. The van der Waals surface area contributed by atoms with E-state index in [1.807, 2.05) is 6.07 Å². The number of carbonyl (C=O) groups is 1. The molecular weight excluding hydrogens is 402 g/mol. The standard InChI is InChI=1S/C22H31N3O2S2/c1-13(2)18-9-6-14(3)10-19(18)27-20(26)12-28-22-25-24-21(29-22)23-17-8-7-15(4)16(5)11-17/h7-8,11,13-14,18-19H,6,9-10,12H2,1-5H3,(H,23,24). The fourth-order valence-electron chi connectivity index (χ4n) is 3.84. The van der Waals surface area contributed by atoms with Crippen molar-refractivity contribution in [2.45, 2.75) is 64.3 Å². The molecule has 2 aromatic rings. The molecule has 1 aliphatic carbocycles. The van der Waals surface area contributed by atoms with E-state index in [4.69, 9.17) is 4.74 Å². The van der Waals surface area contributed by atoms with Crippen LogP contribution in [0.15, 0.2) is 22.5 Å². The van der Waals surface area contributed by atoms with Crippen molar-refractivity contribution in [1.29, 1.82) is 0 Å². The molecule has 0 bridgehead atoms. The average Bonchev–Trinajstić information content (AvgIpc) is 3.10. The third kappa shape index (κ3) is 6.19. The molecule has 1 aliphatic rings. The van der Waals surface area contributed by atoms with Crippen molar-refractivity contribution in [1.82, 2.24) is 10.2 Å². The van der Waals surface area contributed by atoms with Crippen LogP contribution in [0.2, 0.25) is 0 Å². The predicted octanol–water partition coefficient (Wildman–Crippen LogP) is 5.99. The Labute approximate surface area is 182 Å². The smallest absolute Gasteiger partial charge is 0.316 e. The third-order valence-electron chi connectivity index (χ3n) is 5.72. The quantitative estimate of drug-likeness (QED) is 0.427. The van der Waals surface area contributed by atoms with Crippen LogP contribution in [0.5, 0.6) is 0 Å². The van der Waals surface area contributed by atoms with E-state index >= 15 is 0 Å². The maximum Gasteiger partial charge on any atom is 0.316 e. The second kappa shape index (κ2) is 9.94. The summed E-state index contributed by atoms with van der Waals surface area (Å²) in [5.41, 5.74) is 3.48. The molecule has 158 valence electrons. The van der Waals surface area contributed by atoms with Crippen molar-refractivity contribution in [2.75, 3.05) is 11.1 Å². The zero-order valence-corrected chi connectivity index (χ0v) is 19.5. The van der Waals surface area contributed by atoms with E-state index in [2.05, 4.69) is 62.3 Å². The van der Waals surface area contributed by atoms with Crippen LogP contribution in [0.3, 0.4) is 0 Å². The Morgan fingerprint density at radius 2 is 2.07 bits per heavy atom. The van der Waals surface area contributed by atoms with Crippen LogP contribution in [-0.2, 0) is 9.53 Å². The number of hydrogen-bond donors (Lipinski definition) is 1. The van der Waals surface area contributed by atoms with Crippen molar-refractivity contribution in [3.05, 3.63) is 29.3 Å². The van der Waals surface area contributed by atoms with E-state index in [-0.39, 0.29) is 17.8 Å². The van der Waals surface area contributed by atoms with Crippen LogP contribution in [0, 0.1) is 31.6 Å². The summed E-state index contributed by atoms with van der Waals surface area (Å²) < 4.78 is 6.63. The van der Waals surface area contributed by atoms with E-state index in [9.17, 15) is 4.79 Å². The van der Waals surface area contributed by atoms with Gasteiger partial charge in [-0.25, -0.2) is 0 Å². The summed E-state index contributed by atoms with van der Waals surface area (Å²) in [6.07, 6.45) is 3.39. The first kappa shape index (κ1) is 22.1. The molecule has 3 unspecified atom stereocenters. The van der Waals surface area contributed by atoms with E-state index in [1.54, 1.807) is 0 Å². The van der Waals surface area contributed by atoms with Gasteiger partial charge in [0.05, 0.1) is 5.75 Å². The molecule has 0 saturated heterocycles. The second-order valence-corrected chi connectivity index (χ2v) is 10.6. The number of benzene rings is 1. The number of rotatable bonds is 7. The minimum absolute atomic E-state index is 0.0447. The molecule has 1 saturated carbocycles. The number of aryl methyl sites for hydroxylation is 2. The van der Waals surface area contributed by atoms with Crippen molar-refractivity contribution in [3.63, 3.8) is 0 Å². The summed E-state index contributed by atoms with van der Waals surface area (Å²) in [6.45, 7) is 10.9. The van der Waals surface area contributed by atoms with Gasteiger partial charge in [-0.2, -0.15) is 0 Å². The van der Waals surface area contributed by atoms with Gasteiger partial charge in [-0.05, 0) is 67.7 Å². The van der Waals surface area contributed by atoms with Crippen LogP contribution in [-0.4, -0.2) is 28.0 Å². The van der Waals surface area contributed by atoms with Gasteiger partial charge in [-0.1, -0.05) is 56.4 Å². The molecule has 1 fully saturated rings. The Kier molecular flexibility index (Phi) is 7.57.